The highest BCUT2D eigenvalue weighted by Crippen LogP contribution is 2.28. The molecule has 1 aliphatic heterocycles. The number of nitrogens with two attached hydrogens (primary N) is 2. The molecule has 4 aromatic heterocycles. The summed E-state index contributed by atoms with van der Waals surface area (Å²) in [7, 11) is 0. The minimum Gasteiger partial charge on any atom is -1.00 e. The first-order valence-electron chi connectivity index (χ1n) is 16.7. The number of imidazole rings is 2. The number of nitrogen functional groups attached to an aromatic ring is 1. The molecule has 288 valence electrons. The normalized spacial score (nSPS) is 11.9. The average molecular weight is 885 g/mol. The lowest BCUT2D eigenvalue weighted by molar-refractivity contribution is -0.683. The van der Waals surface area contributed by atoms with Crippen LogP contribution in [0.4, 0.5) is 34.9 Å². The molecule has 0 atom stereocenters. The molecule has 0 aliphatic carbocycles. The van der Waals surface area contributed by atoms with Gasteiger partial charge in [-0.2, -0.15) is 10.2 Å². The van der Waals surface area contributed by atoms with Crippen molar-refractivity contribution in [3.63, 3.8) is 0 Å². The van der Waals surface area contributed by atoms with Gasteiger partial charge in [0.05, 0.1) is 69.9 Å². The van der Waals surface area contributed by atoms with Crippen LogP contribution in [0.15, 0.2) is 57.6 Å². The summed E-state index contributed by atoms with van der Waals surface area (Å²) in [5.74, 6) is 3.77. The number of hydrogen-bond acceptors (Lipinski definition) is 10. The number of quaternary nitrogens is 1. The predicted octanol–water partition coefficient (Wildman–Crippen LogP) is -5.22. The van der Waals surface area contributed by atoms with Crippen LogP contribution in [0.2, 0.25) is 0 Å². The van der Waals surface area contributed by atoms with E-state index in [2.05, 4.69) is 80.0 Å². The summed E-state index contributed by atoms with van der Waals surface area (Å²) in [5.41, 5.74) is 16.9. The molecule has 11 N–H and O–H groups in total. The lowest BCUT2D eigenvalue weighted by Crippen LogP contribution is -3.00. The maximum Gasteiger partial charge on any atom is 0.421 e. The van der Waals surface area contributed by atoms with Gasteiger partial charge in [-0.3, -0.25) is 0 Å². The van der Waals surface area contributed by atoms with E-state index in [0.29, 0.717) is 23.9 Å². The van der Waals surface area contributed by atoms with Crippen LogP contribution >= 0.6 is 11.6 Å². The molecule has 0 amide bonds. The number of alkyl halides is 1. The summed E-state index contributed by atoms with van der Waals surface area (Å²) >= 11 is 5.80. The number of fused-ring (bicyclic) bond motifs is 1. The Balaban J connectivity index is 0.000000909. The molecule has 5 heterocycles. The average Bonchev–Trinajstić information content (AvgIpc) is 3.87. The number of hydrogen-bond donors (Lipinski definition) is 5. The van der Waals surface area contributed by atoms with Crippen LogP contribution in [0, 0.1) is 0 Å². The molecule has 0 bridgehead atoms. The van der Waals surface area contributed by atoms with Crippen LogP contribution in [-0.2, 0) is 39.3 Å². The van der Waals surface area contributed by atoms with Gasteiger partial charge in [-0.25, -0.2) is 27.6 Å². The summed E-state index contributed by atoms with van der Waals surface area (Å²) in [5, 5.41) is 29.7. The first kappa shape index (κ1) is 48.1. The van der Waals surface area contributed by atoms with E-state index in [4.69, 9.17) is 23.1 Å². The molecule has 0 spiro atoms. The molecule has 5 rings (SSSR count). The third-order valence-corrected chi connectivity index (χ3v) is 7.85. The standard InChI is InChI=1S/C15H25ClN8.C15H24N8.2BrH.ClH.H3N/c1-2-7-22-10-11-23(8-3-5-16)15(22)21-20-13-12-19-24(14(13)18)9-4-6-17;1-2-7-21-10-11-22(8-3-5-16)15(21)20-19-13-12-18-23-9-4-6-17-14(13)23;;;;/h10-12,18H,2-9,17H2,1H3;10-12H,2-9,16H2,1H3;3*1H;1H3. The molecule has 0 unspecified atom stereocenters. The van der Waals surface area contributed by atoms with E-state index < -0.39 is 0 Å². The van der Waals surface area contributed by atoms with E-state index in [0.717, 1.165) is 114 Å². The molecule has 0 fully saturated rings. The van der Waals surface area contributed by atoms with Crippen molar-refractivity contribution in [1.29, 1.82) is 0 Å². The van der Waals surface area contributed by atoms with Crippen molar-refractivity contribution in [2.45, 2.75) is 91.6 Å². The summed E-state index contributed by atoms with van der Waals surface area (Å²) in [6.45, 7) is 11.9. The Hall–Kier alpha value is -2.94. The number of rotatable bonds is 17. The molecule has 0 aromatic carbocycles. The molecule has 1 aliphatic rings. The van der Waals surface area contributed by atoms with Gasteiger partial charge in [-0.05, 0) is 38.6 Å². The highest BCUT2D eigenvalue weighted by Gasteiger charge is 2.20. The molecule has 4 aromatic rings. The zero-order valence-corrected chi connectivity index (χ0v) is 34.4. The number of halogens is 4. The molecular weight excluding hydrogens is 829 g/mol. The molecular formula is C30H55Br2Cl2N17. The van der Waals surface area contributed by atoms with E-state index in [9.17, 15) is 0 Å². The first-order chi connectivity index (χ1) is 23.0. The molecule has 51 heavy (non-hydrogen) atoms. The second kappa shape index (κ2) is 25.9. The maximum atomic E-state index is 6.09. The number of nitrogens with zero attached hydrogens (tertiary/aromatic N) is 12. The molecule has 0 radical (unpaired) electrons. The van der Waals surface area contributed by atoms with Crippen molar-refractivity contribution in [3.05, 3.63) is 37.2 Å². The lowest BCUT2D eigenvalue weighted by Gasteiger charge is -2.15. The number of azo groups is 2. The predicted molar refractivity (Wildman–Crippen MR) is 187 cm³/mol. The van der Waals surface area contributed by atoms with Gasteiger partial charge in [-0.15, -0.1) is 11.6 Å². The van der Waals surface area contributed by atoms with E-state index in [1.54, 1.807) is 17.1 Å². The van der Waals surface area contributed by atoms with Gasteiger partial charge in [0.25, 0.3) is 0 Å². The third-order valence-electron chi connectivity index (χ3n) is 7.58. The molecule has 0 saturated carbocycles. The highest BCUT2D eigenvalue weighted by molar-refractivity contribution is 6.17. The van der Waals surface area contributed by atoms with Crippen LogP contribution in [0.25, 0.3) is 0 Å². The Morgan fingerprint density at radius 3 is 2.04 bits per heavy atom. The minimum atomic E-state index is 0. The monoisotopic (exact) mass is 881 g/mol. The van der Waals surface area contributed by atoms with Crippen molar-refractivity contribution < 1.29 is 61.2 Å². The van der Waals surface area contributed by atoms with E-state index in [1.165, 1.54) is 0 Å². The van der Waals surface area contributed by atoms with Gasteiger partial charge in [0, 0.05) is 42.2 Å². The van der Waals surface area contributed by atoms with Crippen molar-refractivity contribution >= 4 is 46.5 Å². The van der Waals surface area contributed by atoms with E-state index in [1.807, 2.05) is 23.3 Å². The maximum absolute atomic E-state index is 6.09. The fourth-order valence-corrected chi connectivity index (χ4v) is 5.27. The Bertz CT molecular complexity index is 1580. The second-order valence-electron chi connectivity index (χ2n) is 11.3. The van der Waals surface area contributed by atoms with Gasteiger partial charge < -0.3 is 75.0 Å². The van der Waals surface area contributed by atoms with Crippen molar-refractivity contribution in [1.82, 2.24) is 34.8 Å². The number of aryl methyl sites for hydroxylation is 6. The molecule has 0 saturated heterocycles. The van der Waals surface area contributed by atoms with Crippen LogP contribution in [0.3, 0.4) is 0 Å². The SMILES string of the molecule is CCC[n+]1ccn(CCCCl)c1N=Nc1cnn(CCC[NH3+])c1N.CCC[n+]1ccn(CCCN)c1N=Nc1cnn2c1NCCC2.N.[Br-].[Br-].[Cl-]. The second-order valence-corrected chi connectivity index (χ2v) is 11.7. The summed E-state index contributed by atoms with van der Waals surface area (Å²) < 4.78 is 12.1. The smallest absolute Gasteiger partial charge is 0.421 e. The van der Waals surface area contributed by atoms with E-state index >= 15 is 0 Å². The van der Waals surface area contributed by atoms with Gasteiger partial charge in [0.1, 0.15) is 0 Å². The van der Waals surface area contributed by atoms with Gasteiger partial charge in [-0.1, -0.05) is 24.1 Å². The van der Waals surface area contributed by atoms with Gasteiger partial charge >= 0.3 is 11.9 Å². The van der Waals surface area contributed by atoms with E-state index in [-0.39, 0.29) is 52.5 Å². The molecule has 21 heteroatoms. The quantitative estimate of drug-likeness (QED) is 0.0395. The van der Waals surface area contributed by atoms with Gasteiger partial charge in [0.2, 0.25) is 0 Å². The zero-order chi connectivity index (χ0) is 33.4. The lowest BCUT2D eigenvalue weighted by atomic mass is 10.3. The molecule has 17 nitrogen and oxygen atoms in total. The largest absolute Gasteiger partial charge is 1.00 e. The Labute approximate surface area is 332 Å². The van der Waals surface area contributed by atoms with Gasteiger partial charge in [0.15, 0.2) is 23.0 Å². The number of anilines is 2. The number of aromatic nitrogens is 8. The van der Waals surface area contributed by atoms with Crippen LogP contribution in [0.5, 0.6) is 0 Å². The van der Waals surface area contributed by atoms with Crippen LogP contribution < -0.4 is 84.2 Å². The van der Waals surface area contributed by atoms with Crippen molar-refractivity contribution in [2.75, 3.05) is 36.6 Å². The number of nitrogens with one attached hydrogen (secondary N) is 1. The zero-order valence-electron chi connectivity index (χ0n) is 29.7. The van der Waals surface area contributed by atoms with Crippen molar-refractivity contribution in [2.24, 2.45) is 26.2 Å². The summed E-state index contributed by atoms with van der Waals surface area (Å²) in [6, 6.07) is 0. The van der Waals surface area contributed by atoms with Crippen molar-refractivity contribution in [3.8, 4) is 0 Å². The topological polar surface area (TPSA) is 229 Å². The minimum absolute atomic E-state index is 0. The van der Waals surface area contributed by atoms with Crippen LogP contribution in [-0.4, -0.2) is 54.2 Å². The Kier molecular flexibility index (Phi) is 24.4. The van der Waals surface area contributed by atoms with Crippen LogP contribution in [0.1, 0.15) is 52.4 Å². The third kappa shape index (κ3) is 13.5. The summed E-state index contributed by atoms with van der Waals surface area (Å²) in [4.78, 5) is 0. The Morgan fingerprint density at radius 2 is 1.47 bits per heavy atom. The fraction of sp³-hybridized carbons (Fsp3) is 0.600. The fourth-order valence-electron chi connectivity index (χ4n) is 5.15. The Morgan fingerprint density at radius 1 is 0.882 bits per heavy atom. The first-order valence-corrected chi connectivity index (χ1v) is 17.2. The summed E-state index contributed by atoms with van der Waals surface area (Å²) in [6.07, 6.45) is 17.5. The highest BCUT2D eigenvalue weighted by atomic mass is 79.9.